The Bertz CT molecular complexity index is 657. The zero-order valence-electron chi connectivity index (χ0n) is 12.3. The monoisotopic (exact) mass is 390 g/mol. The van der Waals surface area contributed by atoms with Gasteiger partial charge in [-0.2, -0.15) is 0 Å². The molecule has 2 rings (SSSR count). The van der Waals surface area contributed by atoms with Crippen molar-refractivity contribution in [3.63, 3.8) is 0 Å². The number of aliphatic hydroxyl groups excluding tert-OH is 2. The van der Waals surface area contributed by atoms with Gasteiger partial charge < -0.3 is 30.6 Å². The van der Waals surface area contributed by atoms with Gasteiger partial charge in [-0.15, -0.1) is 22.7 Å². The van der Waals surface area contributed by atoms with Crippen LogP contribution >= 0.6 is 22.7 Å². The van der Waals surface area contributed by atoms with E-state index >= 15 is 0 Å². The van der Waals surface area contributed by atoms with Crippen LogP contribution in [0.1, 0.15) is 9.75 Å². The van der Waals surface area contributed by atoms with Gasteiger partial charge in [-0.3, -0.25) is 0 Å². The van der Waals surface area contributed by atoms with Crippen molar-refractivity contribution in [2.75, 3.05) is 0 Å². The molecule has 0 aromatic carbocycles. The first-order valence-corrected chi connectivity index (χ1v) is 8.23. The summed E-state index contributed by atoms with van der Waals surface area (Å²) in [7, 11) is 0. The van der Waals surface area contributed by atoms with Gasteiger partial charge in [0.2, 0.25) is 5.60 Å². The van der Waals surface area contributed by atoms with Gasteiger partial charge in [0.05, 0.1) is 9.75 Å². The molecule has 2 heterocycles. The van der Waals surface area contributed by atoms with Crippen LogP contribution in [0.3, 0.4) is 0 Å². The molecule has 9 nitrogen and oxygen atoms in total. The molecule has 0 aliphatic rings. The van der Waals surface area contributed by atoms with Crippen LogP contribution in [0.25, 0.3) is 0 Å². The lowest BCUT2D eigenvalue weighted by atomic mass is 10.0. The number of carboxylic acids is 3. The summed E-state index contributed by atoms with van der Waals surface area (Å²) in [6.45, 7) is 0. The third kappa shape index (κ3) is 4.84. The van der Waals surface area contributed by atoms with E-state index < -0.39 is 35.7 Å². The van der Waals surface area contributed by atoms with Gasteiger partial charge in [-0.25, -0.2) is 14.4 Å². The number of thiophene rings is 2. The fourth-order valence-corrected chi connectivity index (χ4v) is 3.29. The minimum Gasteiger partial charge on any atom is -0.479 e. The normalized spacial score (nSPS) is 13.2. The lowest BCUT2D eigenvalue weighted by Gasteiger charge is -2.20. The topological polar surface area (TPSA) is 173 Å². The molecule has 2 atom stereocenters. The van der Waals surface area contributed by atoms with Crippen molar-refractivity contribution in [1.29, 1.82) is 0 Å². The molecule has 0 spiro atoms. The van der Waals surface area contributed by atoms with Gasteiger partial charge in [0.15, 0.2) is 12.2 Å². The Morgan fingerprint density at radius 1 is 0.840 bits per heavy atom. The van der Waals surface area contributed by atoms with E-state index in [1.54, 1.807) is 35.0 Å². The molecule has 0 radical (unpaired) electrons. The average Bonchev–Trinajstić information content (AvgIpc) is 3.26. The maximum atomic E-state index is 11.2. The third-order valence-electron chi connectivity index (χ3n) is 2.87. The van der Waals surface area contributed by atoms with Gasteiger partial charge >= 0.3 is 17.9 Å². The standard InChI is InChI=1S/C10H8O3S2.C4H6O6/c11-9(12)10(13,7-3-1-5-14-7)8-4-2-6-15-8;5-1(3(7)8)2(6)4(9)10/h1-6,13H,(H,11,12);1-2,5-6H,(H,7,8)(H,9,10)/t;1-,2-/m.1/s1. The predicted molar refractivity (Wildman–Crippen MR) is 86.6 cm³/mol. The third-order valence-corrected chi connectivity index (χ3v) is 4.83. The second-order valence-electron chi connectivity index (χ2n) is 4.54. The Balaban J connectivity index is 0.000000275. The molecule has 0 aliphatic heterocycles. The highest BCUT2D eigenvalue weighted by Crippen LogP contribution is 2.35. The molecular formula is C14H14O9S2. The lowest BCUT2D eigenvalue weighted by molar-refractivity contribution is -0.165. The minimum atomic E-state index is -2.27. The number of aliphatic hydroxyl groups is 3. The van der Waals surface area contributed by atoms with Crippen LogP contribution < -0.4 is 0 Å². The summed E-state index contributed by atoms with van der Waals surface area (Å²) in [5.41, 5.74) is -1.90. The highest BCUT2D eigenvalue weighted by atomic mass is 32.1. The summed E-state index contributed by atoms with van der Waals surface area (Å²) in [5, 5.41) is 55.4. The second-order valence-corrected chi connectivity index (χ2v) is 6.43. The van der Waals surface area contributed by atoms with Crippen LogP contribution in [0, 0.1) is 0 Å². The summed E-state index contributed by atoms with van der Waals surface area (Å²) in [5.74, 6) is -4.78. The van der Waals surface area contributed by atoms with Crippen molar-refractivity contribution in [3.05, 3.63) is 44.8 Å². The molecular weight excluding hydrogens is 376 g/mol. The molecule has 0 amide bonds. The first-order valence-electron chi connectivity index (χ1n) is 6.47. The first kappa shape index (κ1) is 20.7. The minimum absolute atomic E-state index is 0.428. The van der Waals surface area contributed by atoms with Crippen LogP contribution in [0.5, 0.6) is 0 Å². The van der Waals surface area contributed by atoms with Gasteiger partial charge in [0, 0.05) is 0 Å². The molecule has 0 aliphatic carbocycles. The van der Waals surface area contributed by atoms with Crippen molar-refractivity contribution in [1.82, 2.24) is 0 Å². The van der Waals surface area contributed by atoms with Crippen molar-refractivity contribution >= 4 is 40.6 Å². The van der Waals surface area contributed by atoms with E-state index in [1.807, 2.05) is 0 Å². The van der Waals surface area contributed by atoms with Crippen molar-refractivity contribution in [2.45, 2.75) is 17.8 Å². The lowest BCUT2D eigenvalue weighted by Crippen LogP contribution is -2.39. The number of hydrogen-bond donors (Lipinski definition) is 6. The van der Waals surface area contributed by atoms with E-state index in [0.717, 1.165) is 0 Å². The Morgan fingerprint density at radius 3 is 1.40 bits per heavy atom. The fraction of sp³-hybridized carbons (Fsp3) is 0.214. The Hall–Kier alpha value is -2.31. The van der Waals surface area contributed by atoms with Gasteiger partial charge in [-0.05, 0) is 22.9 Å². The maximum absolute atomic E-state index is 11.2. The highest BCUT2D eigenvalue weighted by molar-refractivity contribution is 7.12. The fourth-order valence-electron chi connectivity index (χ4n) is 1.57. The largest absolute Gasteiger partial charge is 0.479 e. The molecule has 2 aromatic rings. The number of hydrogen-bond acceptors (Lipinski definition) is 8. The summed E-state index contributed by atoms with van der Waals surface area (Å²) >= 11 is 2.46. The van der Waals surface area contributed by atoms with Crippen LogP contribution in [-0.2, 0) is 20.0 Å². The SMILES string of the molecule is O=C(O)C(O)(c1cccs1)c1cccs1.O=C(O)[C@H](O)[C@@H](O)C(=O)O. The van der Waals surface area contributed by atoms with Crippen LogP contribution in [0.15, 0.2) is 35.0 Å². The molecule has 2 aromatic heterocycles. The van der Waals surface area contributed by atoms with E-state index in [1.165, 1.54) is 22.7 Å². The first-order chi connectivity index (χ1) is 11.6. The predicted octanol–water partition coefficient (Wildman–Crippen LogP) is 0.00750. The zero-order chi connectivity index (χ0) is 19.2. The van der Waals surface area contributed by atoms with Gasteiger partial charge in [-0.1, -0.05) is 12.1 Å². The van der Waals surface area contributed by atoms with E-state index in [9.17, 15) is 19.5 Å². The molecule has 136 valence electrons. The number of carboxylic acid groups (broad SMARTS) is 3. The van der Waals surface area contributed by atoms with E-state index in [4.69, 9.17) is 25.5 Å². The van der Waals surface area contributed by atoms with Crippen molar-refractivity contribution < 1.29 is 45.0 Å². The maximum Gasteiger partial charge on any atom is 0.346 e. The Morgan fingerprint density at radius 2 is 1.20 bits per heavy atom. The molecule has 25 heavy (non-hydrogen) atoms. The van der Waals surface area contributed by atoms with Crippen LogP contribution in [0.4, 0.5) is 0 Å². The molecule has 0 fully saturated rings. The van der Waals surface area contributed by atoms with Crippen molar-refractivity contribution in [3.8, 4) is 0 Å². The van der Waals surface area contributed by atoms with E-state index in [2.05, 4.69) is 0 Å². The molecule has 0 bridgehead atoms. The molecule has 0 unspecified atom stereocenters. The summed E-state index contributed by atoms with van der Waals surface area (Å²) in [6, 6.07) is 6.69. The highest BCUT2D eigenvalue weighted by Gasteiger charge is 2.42. The van der Waals surface area contributed by atoms with E-state index in [0.29, 0.717) is 9.75 Å². The van der Waals surface area contributed by atoms with Crippen molar-refractivity contribution in [2.24, 2.45) is 0 Å². The second kappa shape index (κ2) is 8.69. The number of rotatable bonds is 6. The van der Waals surface area contributed by atoms with E-state index in [-0.39, 0.29) is 0 Å². The summed E-state index contributed by atoms with van der Waals surface area (Å²) in [4.78, 5) is 31.6. The van der Waals surface area contributed by atoms with Crippen LogP contribution in [-0.4, -0.2) is 60.8 Å². The molecule has 0 saturated heterocycles. The summed E-state index contributed by atoms with van der Waals surface area (Å²) in [6.07, 6.45) is -4.53. The summed E-state index contributed by atoms with van der Waals surface area (Å²) < 4.78 is 0. The van der Waals surface area contributed by atoms with Gasteiger partial charge in [0.25, 0.3) is 0 Å². The number of carbonyl (C=O) groups is 3. The average molecular weight is 390 g/mol. The van der Waals surface area contributed by atoms with Gasteiger partial charge in [0.1, 0.15) is 0 Å². The quantitative estimate of drug-likeness (QED) is 0.397. The molecule has 6 N–H and O–H groups in total. The Kier molecular flexibility index (Phi) is 7.21. The number of aliphatic carboxylic acids is 3. The van der Waals surface area contributed by atoms with Crippen LogP contribution in [0.2, 0.25) is 0 Å². The smallest absolute Gasteiger partial charge is 0.346 e. The zero-order valence-corrected chi connectivity index (χ0v) is 14.0. The molecule has 11 heteroatoms. The molecule has 0 saturated carbocycles. The Labute approximate surface area is 148 Å².